The molecule has 29 heavy (non-hydrogen) atoms. The molecule has 4 bridgehead atoms. The normalized spacial score (nSPS) is 40.8. The first-order valence-corrected chi connectivity index (χ1v) is 10.8. The lowest BCUT2D eigenvalue weighted by Crippen LogP contribution is -2.71. The Kier molecular flexibility index (Phi) is 3.32. The molecular formula is C23H28N2O4. The topological polar surface area (TPSA) is 81.9 Å². The summed E-state index contributed by atoms with van der Waals surface area (Å²) in [6.07, 6.45) is 4.84. The minimum Gasteiger partial charge on any atom is -0.454 e. The van der Waals surface area contributed by atoms with Crippen molar-refractivity contribution in [3.63, 3.8) is 0 Å². The lowest BCUT2D eigenvalue weighted by atomic mass is 9.46. The fourth-order valence-electron chi connectivity index (χ4n) is 7.62. The Labute approximate surface area is 170 Å². The Hall–Kier alpha value is -2.24. The van der Waals surface area contributed by atoms with Crippen LogP contribution in [0.5, 0.6) is 11.5 Å². The molecule has 3 unspecified atom stereocenters. The number of carbonyl (C=O) groups excluding carboxylic acids is 2. The van der Waals surface area contributed by atoms with Gasteiger partial charge in [-0.1, -0.05) is 12.1 Å². The summed E-state index contributed by atoms with van der Waals surface area (Å²) < 4.78 is 11.4. The molecule has 6 heteroatoms. The zero-order valence-corrected chi connectivity index (χ0v) is 17.0. The lowest BCUT2D eigenvalue weighted by Gasteiger charge is -2.66. The molecule has 154 valence electrons. The smallest absolute Gasteiger partial charge is 0.231 e. The number of β-lactam (4-membered cyclic amide) rings is 1. The molecule has 1 saturated heterocycles. The highest BCUT2D eigenvalue weighted by Crippen LogP contribution is 2.65. The van der Waals surface area contributed by atoms with E-state index in [2.05, 4.69) is 11.0 Å². The second kappa shape index (κ2) is 5.46. The van der Waals surface area contributed by atoms with E-state index in [1.54, 1.807) is 0 Å². The third-order valence-corrected chi connectivity index (χ3v) is 8.54. The number of hydrogen-bond donors (Lipinski definition) is 1. The van der Waals surface area contributed by atoms with Gasteiger partial charge >= 0.3 is 0 Å². The number of ether oxygens (including phenoxy) is 2. The summed E-state index contributed by atoms with van der Waals surface area (Å²) >= 11 is 0. The lowest BCUT2D eigenvalue weighted by molar-refractivity contribution is -0.198. The van der Waals surface area contributed by atoms with Crippen molar-refractivity contribution in [1.29, 1.82) is 0 Å². The molecule has 6 nitrogen and oxygen atoms in total. The summed E-state index contributed by atoms with van der Waals surface area (Å²) in [5, 5.41) is 0. The summed E-state index contributed by atoms with van der Waals surface area (Å²) in [6, 6.07) is 6.14. The minimum atomic E-state index is -0.475. The standard InChI is InChI=1S/C23H28N2O4/c1-22(2)19(15-4-3-5-16-18(15)29-11-28-16)25(21(22)27)17-13-6-12-7-14(17)10-23(8-12,9-13)20(24)26/h3-5,12-14,17,19H,6-11H2,1-2H3,(H2,24,26)/t12?,13-,14?,17-,19?,23-/m0/s1. The van der Waals surface area contributed by atoms with Gasteiger partial charge in [-0.2, -0.15) is 0 Å². The van der Waals surface area contributed by atoms with Crippen molar-refractivity contribution in [2.24, 2.45) is 34.3 Å². The molecule has 6 aliphatic rings. The Bertz CT molecular complexity index is 909. The van der Waals surface area contributed by atoms with Gasteiger partial charge in [-0.25, -0.2) is 0 Å². The summed E-state index contributed by atoms with van der Waals surface area (Å²) in [4.78, 5) is 27.8. The Morgan fingerprint density at radius 1 is 1.14 bits per heavy atom. The van der Waals surface area contributed by atoms with E-state index in [9.17, 15) is 9.59 Å². The van der Waals surface area contributed by atoms with Crippen molar-refractivity contribution in [2.45, 2.75) is 58.0 Å². The average molecular weight is 396 g/mol. The van der Waals surface area contributed by atoms with Crippen molar-refractivity contribution in [3.8, 4) is 11.5 Å². The fraction of sp³-hybridized carbons (Fsp3) is 0.652. The van der Waals surface area contributed by atoms with Gasteiger partial charge in [0, 0.05) is 17.0 Å². The largest absolute Gasteiger partial charge is 0.454 e. The molecule has 4 aliphatic carbocycles. The van der Waals surface area contributed by atoms with Gasteiger partial charge in [0.15, 0.2) is 11.5 Å². The second-order valence-electron chi connectivity index (χ2n) is 10.5. The van der Waals surface area contributed by atoms with Crippen LogP contribution in [0.4, 0.5) is 0 Å². The first-order chi connectivity index (χ1) is 13.8. The molecule has 2 N–H and O–H groups in total. The Balaban J connectivity index is 1.39. The highest BCUT2D eigenvalue weighted by atomic mass is 16.7. The third-order valence-electron chi connectivity index (χ3n) is 8.54. The zero-order valence-electron chi connectivity index (χ0n) is 17.0. The van der Waals surface area contributed by atoms with E-state index in [0.717, 1.165) is 49.2 Å². The number of benzene rings is 1. The van der Waals surface area contributed by atoms with Crippen LogP contribution in [-0.4, -0.2) is 29.5 Å². The van der Waals surface area contributed by atoms with Crippen LogP contribution in [0, 0.1) is 28.6 Å². The number of para-hydroxylation sites is 1. The number of likely N-dealkylation sites (tertiary alicyclic amines) is 1. The molecule has 2 heterocycles. The Morgan fingerprint density at radius 2 is 1.86 bits per heavy atom. The third kappa shape index (κ3) is 2.12. The number of primary amides is 1. The van der Waals surface area contributed by atoms with Crippen LogP contribution >= 0.6 is 0 Å². The van der Waals surface area contributed by atoms with Gasteiger partial charge in [0.05, 0.1) is 11.5 Å². The molecule has 2 amide bonds. The van der Waals surface area contributed by atoms with E-state index in [0.29, 0.717) is 17.8 Å². The first kappa shape index (κ1) is 17.6. The van der Waals surface area contributed by atoms with Gasteiger partial charge in [-0.15, -0.1) is 0 Å². The minimum absolute atomic E-state index is 0.0290. The number of rotatable bonds is 3. The number of hydrogen-bond acceptors (Lipinski definition) is 4. The second-order valence-corrected chi connectivity index (χ2v) is 10.5. The molecule has 2 aliphatic heterocycles. The van der Waals surface area contributed by atoms with Gasteiger partial charge in [-0.05, 0) is 69.8 Å². The quantitative estimate of drug-likeness (QED) is 0.797. The van der Waals surface area contributed by atoms with Gasteiger partial charge < -0.3 is 20.1 Å². The summed E-state index contributed by atoms with van der Waals surface area (Å²) in [6.45, 7) is 4.30. The predicted octanol–water partition coefficient (Wildman–Crippen LogP) is 3.01. The Morgan fingerprint density at radius 3 is 2.55 bits per heavy atom. The zero-order chi connectivity index (χ0) is 20.1. The molecule has 4 saturated carbocycles. The van der Waals surface area contributed by atoms with E-state index in [1.807, 2.05) is 26.0 Å². The number of nitrogens with two attached hydrogens (primary N) is 1. The van der Waals surface area contributed by atoms with Gasteiger partial charge in [0.1, 0.15) is 0 Å². The van der Waals surface area contributed by atoms with Crippen molar-refractivity contribution >= 4 is 11.8 Å². The van der Waals surface area contributed by atoms with Gasteiger partial charge in [0.2, 0.25) is 18.6 Å². The highest BCUT2D eigenvalue weighted by Gasteiger charge is 2.65. The van der Waals surface area contributed by atoms with E-state index in [4.69, 9.17) is 15.2 Å². The maximum atomic E-state index is 13.4. The van der Waals surface area contributed by atoms with Crippen molar-refractivity contribution in [1.82, 2.24) is 4.90 Å². The van der Waals surface area contributed by atoms with Crippen molar-refractivity contribution in [2.75, 3.05) is 6.79 Å². The van der Waals surface area contributed by atoms with E-state index >= 15 is 0 Å². The van der Waals surface area contributed by atoms with Crippen LogP contribution < -0.4 is 15.2 Å². The van der Waals surface area contributed by atoms with Crippen LogP contribution in [0.15, 0.2) is 18.2 Å². The molecule has 0 spiro atoms. The molecule has 5 fully saturated rings. The molecule has 1 aromatic rings. The first-order valence-electron chi connectivity index (χ1n) is 10.8. The number of amides is 2. The summed E-state index contributed by atoms with van der Waals surface area (Å²) in [7, 11) is 0. The number of fused-ring (bicyclic) bond motifs is 1. The molecular weight excluding hydrogens is 368 g/mol. The predicted molar refractivity (Wildman–Crippen MR) is 105 cm³/mol. The maximum Gasteiger partial charge on any atom is 0.231 e. The maximum absolute atomic E-state index is 13.4. The van der Waals surface area contributed by atoms with Gasteiger partial charge in [0.25, 0.3) is 0 Å². The van der Waals surface area contributed by atoms with Crippen LogP contribution in [0.25, 0.3) is 0 Å². The van der Waals surface area contributed by atoms with E-state index in [-0.39, 0.29) is 36.1 Å². The number of nitrogens with zero attached hydrogens (tertiary/aromatic N) is 1. The van der Waals surface area contributed by atoms with Crippen molar-refractivity contribution < 1.29 is 19.1 Å². The molecule has 6 atom stereocenters. The van der Waals surface area contributed by atoms with Crippen LogP contribution in [0.3, 0.4) is 0 Å². The van der Waals surface area contributed by atoms with Gasteiger partial charge in [-0.3, -0.25) is 9.59 Å². The van der Waals surface area contributed by atoms with Crippen LogP contribution in [0.1, 0.15) is 57.6 Å². The summed E-state index contributed by atoms with van der Waals surface area (Å²) in [5.74, 6) is 2.93. The van der Waals surface area contributed by atoms with E-state index in [1.165, 1.54) is 0 Å². The number of carbonyl (C=O) groups is 2. The summed E-state index contributed by atoms with van der Waals surface area (Å²) in [5.41, 5.74) is 6.09. The van der Waals surface area contributed by atoms with Crippen LogP contribution in [0.2, 0.25) is 0 Å². The molecule has 1 aromatic carbocycles. The molecule has 0 radical (unpaired) electrons. The van der Waals surface area contributed by atoms with E-state index < -0.39 is 5.41 Å². The van der Waals surface area contributed by atoms with Crippen molar-refractivity contribution in [3.05, 3.63) is 23.8 Å². The average Bonchev–Trinajstić information content (AvgIpc) is 3.15. The highest BCUT2D eigenvalue weighted by molar-refractivity contribution is 5.91. The monoisotopic (exact) mass is 396 g/mol. The van der Waals surface area contributed by atoms with Crippen LogP contribution in [-0.2, 0) is 9.59 Å². The molecule has 7 rings (SSSR count). The fourth-order valence-corrected chi connectivity index (χ4v) is 7.62. The molecule has 0 aromatic heterocycles. The SMILES string of the molecule is CC1(C)C(=O)N([C@@H]2C3CC4C[C@H]2C[C@@](C(N)=O)(C4)C3)C1c1cccc2c1OCO2.